The molecule has 0 aliphatic carbocycles. The molecular weight excluding hydrogens is 364 g/mol. The van der Waals surface area contributed by atoms with E-state index < -0.39 is 10.0 Å². The molecule has 27 heavy (non-hydrogen) atoms. The first-order valence-electron chi connectivity index (χ1n) is 9.09. The van der Waals surface area contributed by atoms with E-state index in [1.807, 2.05) is 31.2 Å². The quantitative estimate of drug-likeness (QED) is 0.673. The number of benzene rings is 2. The van der Waals surface area contributed by atoms with Crippen molar-refractivity contribution in [2.75, 3.05) is 13.1 Å². The van der Waals surface area contributed by atoms with Gasteiger partial charge in [-0.15, -0.1) is 5.10 Å². The molecule has 0 saturated carbocycles. The first kappa shape index (κ1) is 17.9. The van der Waals surface area contributed by atoms with Gasteiger partial charge < -0.3 is 4.84 Å². The number of fused-ring (bicyclic) bond motifs is 1. The first-order valence-corrected chi connectivity index (χ1v) is 10.5. The number of piperidine rings is 1. The maximum atomic E-state index is 12.9. The second-order valence-electron chi connectivity index (χ2n) is 6.78. The van der Waals surface area contributed by atoms with E-state index in [2.05, 4.69) is 10.3 Å². The van der Waals surface area contributed by atoms with Crippen LogP contribution in [0.3, 0.4) is 0 Å². The summed E-state index contributed by atoms with van der Waals surface area (Å²) in [6, 6.07) is 12.8. The van der Waals surface area contributed by atoms with Crippen molar-refractivity contribution in [3.8, 4) is 0 Å². The molecule has 0 atom stereocenters. The number of nitrogens with zero attached hydrogens (tertiary/aromatic N) is 4. The van der Waals surface area contributed by atoms with Gasteiger partial charge >= 0.3 is 0 Å². The zero-order valence-corrected chi connectivity index (χ0v) is 16.0. The van der Waals surface area contributed by atoms with E-state index in [0.717, 1.165) is 30.4 Å². The molecule has 1 aromatic heterocycles. The summed E-state index contributed by atoms with van der Waals surface area (Å²) >= 11 is 0. The Kier molecular flexibility index (Phi) is 4.84. The predicted molar refractivity (Wildman–Crippen MR) is 102 cm³/mol. The molecule has 7 nitrogen and oxygen atoms in total. The zero-order chi connectivity index (χ0) is 18.9. The molecule has 0 N–H and O–H groups in total. The number of hydrogen-bond acceptors (Lipinski definition) is 5. The average molecular weight is 386 g/mol. The molecule has 3 aromatic rings. The molecule has 0 spiro atoms. The molecule has 1 fully saturated rings. The van der Waals surface area contributed by atoms with Crippen molar-refractivity contribution < 1.29 is 13.3 Å². The summed E-state index contributed by atoms with van der Waals surface area (Å²) in [6.45, 7) is 3.49. The van der Waals surface area contributed by atoms with Crippen LogP contribution in [0.15, 0.2) is 47.4 Å². The Bertz CT molecular complexity index is 1060. The fourth-order valence-corrected chi connectivity index (χ4v) is 4.83. The van der Waals surface area contributed by atoms with E-state index in [1.54, 1.807) is 22.5 Å². The van der Waals surface area contributed by atoms with Gasteiger partial charge in [-0.05, 0) is 54.3 Å². The second kappa shape index (κ2) is 7.28. The SMILES string of the molecule is Cc1ccccc1COn1nnc2ccc(S(=O)(=O)N3CCCCC3)cc21. The molecule has 2 aromatic carbocycles. The van der Waals surface area contributed by atoms with Crippen molar-refractivity contribution in [3.05, 3.63) is 53.6 Å². The summed E-state index contributed by atoms with van der Waals surface area (Å²) < 4.78 is 27.4. The number of hydrogen-bond donors (Lipinski definition) is 0. The lowest BCUT2D eigenvalue weighted by Gasteiger charge is -2.25. The number of aryl methyl sites for hydroxylation is 1. The summed E-state index contributed by atoms with van der Waals surface area (Å²) in [6.07, 6.45) is 2.88. The Balaban J connectivity index is 1.62. The van der Waals surface area contributed by atoms with Crippen molar-refractivity contribution in [2.24, 2.45) is 0 Å². The zero-order valence-electron chi connectivity index (χ0n) is 15.2. The van der Waals surface area contributed by atoms with Crippen LogP contribution >= 0.6 is 0 Å². The highest BCUT2D eigenvalue weighted by Gasteiger charge is 2.26. The highest BCUT2D eigenvalue weighted by atomic mass is 32.2. The highest BCUT2D eigenvalue weighted by Crippen LogP contribution is 2.23. The summed E-state index contributed by atoms with van der Waals surface area (Å²) in [5, 5.41) is 8.08. The van der Waals surface area contributed by atoms with Gasteiger partial charge in [0.05, 0.1) is 4.90 Å². The van der Waals surface area contributed by atoms with Gasteiger partial charge in [-0.3, -0.25) is 0 Å². The summed E-state index contributed by atoms with van der Waals surface area (Å²) in [5.74, 6) is 0. The molecule has 0 bridgehead atoms. The minimum Gasteiger partial charge on any atom is -0.390 e. The van der Waals surface area contributed by atoms with Crippen LogP contribution in [0.25, 0.3) is 11.0 Å². The van der Waals surface area contributed by atoms with Crippen LogP contribution in [-0.4, -0.2) is 41.0 Å². The fourth-order valence-electron chi connectivity index (χ4n) is 3.29. The van der Waals surface area contributed by atoms with Crippen LogP contribution in [0.4, 0.5) is 0 Å². The minimum atomic E-state index is -3.51. The van der Waals surface area contributed by atoms with Crippen LogP contribution < -0.4 is 4.84 Å². The van der Waals surface area contributed by atoms with Gasteiger partial charge in [-0.2, -0.15) is 4.31 Å². The van der Waals surface area contributed by atoms with Gasteiger partial charge in [-0.25, -0.2) is 8.42 Å². The fraction of sp³-hybridized carbons (Fsp3) is 0.368. The van der Waals surface area contributed by atoms with Gasteiger partial charge in [0.15, 0.2) is 0 Å². The molecule has 1 aliphatic rings. The maximum absolute atomic E-state index is 12.9. The van der Waals surface area contributed by atoms with E-state index >= 15 is 0 Å². The molecule has 142 valence electrons. The van der Waals surface area contributed by atoms with Gasteiger partial charge in [0.25, 0.3) is 0 Å². The summed E-state index contributed by atoms with van der Waals surface area (Å²) in [7, 11) is -3.51. The molecule has 8 heteroatoms. The van der Waals surface area contributed by atoms with Gasteiger partial charge in [0, 0.05) is 13.1 Å². The summed E-state index contributed by atoms with van der Waals surface area (Å²) in [5.41, 5.74) is 3.30. The second-order valence-corrected chi connectivity index (χ2v) is 8.72. The molecular formula is C19H22N4O3S. The van der Waals surface area contributed by atoms with Crippen LogP contribution in [0.1, 0.15) is 30.4 Å². The number of sulfonamides is 1. The van der Waals surface area contributed by atoms with Crippen LogP contribution in [0.5, 0.6) is 0 Å². The van der Waals surface area contributed by atoms with E-state index in [0.29, 0.717) is 30.7 Å². The van der Waals surface area contributed by atoms with Gasteiger partial charge in [0.2, 0.25) is 10.0 Å². The minimum absolute atomic E-state index is 0.250. The standard InChI is InChI=1S/C19H22N4O3S/c1-15-7-3-4-8-16(15)14-26-23-19-13-17(9-10-18(19)20-21-23)27(24,25)22-11-5-2-6-12-22/h3-4,7-10,13H,2,5-6,11-12,14H2,1H3. The van der Waals surface area contributed by atoms with E-state index in [1.165, 1.54) is 4.85 Å². The Morgan fingerprint density at radius 2 is 1.85 bits per heavy atom. The van der Waals surface area contributed by atoms with E-state index in [4.69, 9.17) is 4.84 Å². The monoisotopic (exact) mass is 386 g/mol. The topological polar surface area (TPSA) is 77.3 Å². The van der Waals surface area contributed by atoms with Crippen molar-refractivity contribution in [2.45, 2.75) is 37.7 Å². The lowest BCUT2D eigenvalue weighted by Crippen LogP contribution is -2.35. The maximum Gasteiger partial charge on any atom is 0.243 e. The van der Waals surface area contributed by atoms with Gasteiger partial charge in [0.1, 0.15) is 17.6 Å². The Labute approximate surface area is 158 Å². The van der Waals surface area contributed by atoms with Crippen molar-refractivity contribution in [3.63, 3.8) is 0 Å². The molecule has 1 saturated heterocycles. The molecule has 1 aliphatic heterocycles. The molecule has 2 heterocycles. The molecule has 0 unspecified atom stereocenters. The molecule has 0 radical (unpaired) electrons. The third-order valence-electron chi connectivity index (χ3n) is 4.94. The Hall–Kier alpha value is -2.45. The van der Waals surface area contributed by atoms with Crippen LogP contribution in [0.2, 0.25) is 0 Å². The van der Waals surface area contributed by atoms with Gasteiger partial charge in [-0.1, -0.05) is 35.5 Å². The van der Waals surface area contributed by atoms with Crippen molar-refractivity contribution in [1.82, 2.24) is 19.5 Å². The van der Waals surface area contributed by atoms with Crippen LogP contribution in [-0.2, 0) is 16.6 Å². The normalized spacial score (nSPS) is 15.9. The third-order valence-corrected chi connectivity index (χ3v) is 6.84. The highest BCUT2D eigenvalue weighted by molar-refractivity contribution is 7.89. The van der Waals surface area contributed by atoms with Crippen molar-refractivity contribution in [1.29, 1.82) is 0 Å². The van der Waals surface area contributed by atoms with Crippen LogP contribution in [0, 0.1) is 6.92 Å². The largest absolute Gasteiger partial charge is 0.390 e. The Morgan fingerprint density at radius 1 is 1.07 bits per heavy atom. The molecule has 0 amide bonds. The van der Waals surface area contributed by atoms with E-state index in [9.17, 15) is 8.42 Å². The van der Waals surface area contributed by atoms with Crippen molar-refractivity contribution >= 4 is 21.1 Å². The smallest absolute Gasteiger partial charge is 0.243 e. The summed E-state index contributed by atoms with van der Waals surface area (Å²) in [4.78, 5) is 7.33. The van der Waals surface area contributed by atoms with E-state index in [-0.39, 0.29) is 4.90 Å². The lowest BCUT2D eigenvalue weighted by molar-refractivity contribution is 0.0748. The number of aromatic nitrogens is 3. The molecule has 4 rings (SSSR count). The predicted octanol–water partition coefficient (Wildman–Crippen LogP) is 2.54. The average Bonchev–Trinajstić information content (AvgIpc) is 3.10. The third kappa shape index (κ3) is 3.54. The Morgan fingerprint density at radius 3 is 2.63 bits per heavy atom. The first-order chi connectivity index (χ1) is 13.1. The number of rotatable bonds is 5. The lowest BCUT2D eigenvalue weighted by atomic mass is 10.1.